The molecule has 0 atom stereocenters. The molecular weight excluding hydrogens is 260 g/mol. The second-order valence-electron chi connectivity index (χ2n) is 3.35. The summed E-state index contributed by atoms with van der Waals surface area (Å²) in [5, 5.41) is 9.37. The van der Waals surface area contributed by atoms with Crippen LogP contribution in [0.4, 0.5) is 0 Å². The van der Waals surface area contributed by atoms with Gasteiger partial charge in [0.2, 0.25) is 0 Å². The summed E-state index contributed by atoms with van der Waals surface area (Å²) < 4.78 is 0. The molecule has 5 nitrogen and oxygen atoms in total. The lowest BCUT2D eigenvalue weighted by Crippen LogP contribution is -2.18. The molecule has 0 bridgehead atoms. The number of nitrogens with zero attached hydrogens (tertiary/aromatic N) is 1. The van der Waals surface area contributed by atoms with Crippen LogP contribution >= 0.6 is 23.5 Å². The predicted molar refractivity (Wildman–Crippen MR) is 70.3 cm³/mol. The van der Waals surface area contributed by atoms with E-state index in [4.69, 9.17) is 5.11 Å². The maximum Gasteiger partial charge on any atom is 0.346 e. The zero-order valence-corrected chi connectivity index (χ0v) is 11.3. The van der Waals surface area contributed by atoms with Crippen molar-refractivity contribution in [3.05, 3.63) is 21.7 Å². The summed E-state index contributed by atoms with van der Waals surface area (Å²) in [6.45, 7) is 1.57. The number of rotatable bonds is 6. The van der Waals surface area contributed by atoms with Gasteiger partial charge >= 0.3 is 11.7 Å². The quantitative estimate of drug-likeness (QED) is 0.466. The van der Waals surface area contributed by atoms with Crippen molar-refractivity contribution in [3.63, 3.8) is 0 Å². The number of H-pyrrole nitrogens is 1. The van der Waals surface area contributed by atoms with Gasteiger partial charge in [-0.15, -0.1) is 11.8 Å². The van der Waals surface area contributed by atoms with Gasteiger partial charge < -0.3 is 10.1 Å². The second kappa shape index (κ2) is 6.70. The van der Waals surface area contributed by atoms with E-state index in [9.17, 15) is 9.59 Å². The molecule has 1 heterocycles. The minimum atomic E-state index is -1.06. The topological polar surface area (TPSA) is 83.0 Å². The van der Waals surface area contributed by atoms with Gasteiger partial charge in [-0.2, -0.15) is 16.7 Å². The Kier molecular flexibility index (Phi) is 5.57. The van der Waals surface area contributed by atoms with Gasteiger partial charge in [0.15, 0.2) is 0 Å². The summed E-state index contributed by atoms with van der Waals surface area (Å²) in [5.74, 6) is 0.716. The molecule has 0 aliphatic rings. The molecule has 0 saturated heterocycles. The van der Waals surface area contributed by atoms with Crippen LogP contribution in [0.15, 0.2) is 9.82 Å². The standard InChI is InChI=1S/C10H14N2O3S2/c1-6-7(9(13)14)8(12-10(15)11-6)17-5-3-4-16-2/h3-5H2,1-2H3,(H,13,14)(H,11,12,15). The van der Waals surface area contributed by atoms with Crippen LogP contribution in [0.3, 0.4) is 0 Å². The Morgan fingerprint density at radius 3 is 2.76 bits per heavy atom. The van der Waals surface area contributed by atoms with Crippen molar-refractivity contribution in [2.75, 3.05) is 17.8 Å². The van der Waals surface area contributed by atoms with E-state index in [1.54, 1.807) is 18.7 Å². The first-order valence-electron chi connectivity index (χ1n) is 5.02. The van der Waals surface area contributed by atoms with Crippen LogP contribution in [0.5, 0.6) is 0 Å². The van der Waals surface area contributed by atoms with Crippen molar-refractivity contribution >= 4 is 29.5 Å². The average Bonchev–Trinajstić information content (AvgIpc) is 2.22. The number of aromatic carboxylic acids is 1. The third kappa shape index (κ3) is 4.08. The van der Waals surface area contributed by atoms with Gasteiger partial charge in [0.05, 0.1) is 0 Å². The Bertz CT molecular complexity index is 459. The molecule has 1 aromatic rings. The first-order valence-corrected chi connectivity index (χ1v) is 7.40. The molecule has 7 heteroatoms. The zero-order valence-electron chi connectivity index (χ0n) is 9.65. The smallest absolute Gasteiger partial charge is 0.346 e. The van der Waals surface area contributed by atoms with Gasteiger partial charge in [0, 0.05) is 11.4 Å². The van der Waals surface area contributed by atoms with Crippen LogP contribution in [-0.4, -0.2) is 38.8 Å². The van der Waals surface area contributed by atoms with Gasteiger partial charge in [0.1, 0.15) is 10.6 Å². The number of carboxylic acids is 1. The van der Waals surface area contributed by atoms with Crippen molar-refractivity contribution in [1.29, 1.82) is 0 Å². The number of aromatic amines is 1. The normalized spacial score (nSPS) is 10.5. The van der Waals surface area contributed by atoms with Crippen molar-refractivity contribution < 1.29 is 9.90 Å². The van der Waals surface area contributed by atoms with Crippen LogP contribution in [0.1, 0.15) is 22.5 Å². The Labute approximate surface area is 107 Å². The molecule has 1 aromatic heterocycles. The van der Waals surface area contributed by atoms with Crippen molar-refractivity contribution in [2.24, 2.45) is 0 Å². The SMILES string of the molecule is CSCCCSc1nc(=O)[nH]c(C)c1C(=O)O. The summed E-state index contributed by atoms with van der Waals surface area (Å²) in [4.78, 5) is 28.4. The highest BCUT2D eigenvalue weighted by Gasteiger charge is 2.16. The van der Waals surface area contributed by atoms with Crippen LogP contribution in [0.2, 0.25) is 0 Å². The molecule has 0 aromatic carbocycles. The summed E-state index contributed by atoms with van der Waals surface area (Å²) in [7, 11) is 0. The van der Waals surface area contributed by atoms with Crippen molar-refractivity contribution in [1.82, 2.24) is 9.97 Å². The molecule has 1 rings (SSSR count). The molecule has 0 aliphatic carbocycles. The van der Waals surface area contributed by atoms with Crippen molar-refractivity contribution in [2.45, 2.75) is 18.4 Å². The summed E-state index contributed by atoms with van der Waals surface area (Å²) >= 11 is 3.05. The second-order valence-corrected chi connectivity index (χ2v) is 5.42. The fourth-order valence-corrected chi connectivity index (χ4v) is 2.92. The predicted octanol–water partition coefficient (Wildman–Crippen LogP) is 1.62. The number of hydrogen-bond acceptors (Lipinski definition) is 5. The van der Waals surface area contributed by atoms with Crippen LogP contribution in [0, 0.1) is 6.92 Å². The molecule has 0 aliphatic heterocycles. The van der Waals surface area contributed by atoms with E-state index in [-0.39, 0.29) is 5.56 Å². The minimum absolute atomic E-state index is 0.0961. The molecule has 17 heavy (non-hydrogen) atoms. The Morgan fingerprint density at radius 1 is 1.47 bits per heavy atom. The molecule has 0 radical (unpaired) electrons. The number of carbonyl (C=O) groups is 1. The summed E-state index contributed by atoms with van der Waals surface area (Å²) in [5.41, 5.74) is -0.0523. The number of aryl methyl sites for hydroxylation is 1. The lowest BCUT2D eigenvalue weighted by atomic mass is 10.2. The monoisotopic (exact) mass is 274 g/mol. The van der Waals surface area contributed by atoms with E-state index in [0.717, 1.165) is 17.9 Å². The third-order valence-corrected chi connectivity index (χ3v) is 3.79. The van der Waals surface area contributed by atoms with Gasteiger partial charge in [-0.05, 0) is 25.4 Å². The number of aromatic nitrogens is 2. The largest absolute Gasteiger partial charge is 0.478 e. The number of thioether (sulfide) groups is 2. The molecule has 94 valence electrons. The number of hydrogen-bond donors (Lipinski definition) is 2. The fourth-order valence-electron chi connectivity index (χ4n) is 1.29. The molecule has 0 saturated carbocycles. The van der Waals surface area contributed by atoms with Gasteiger partial charge in [-0.3, -0.25) is 0 Å². The third-order valence-electron chi connectivity index (χ3n) is 2.03. The molecule has 0 spiro atoms. The van der Waals surface area contributed by atoms with E-state index < -0.39 is 11.7 Å². The van der Waals surface area contributed by atoms with Crippen molar-refractivity contribution in [3.8, 4) is 0 Å². The molecule has 0 unspecified atom stereocenters. The number of carboxylic acid groups (broad SMARTS) is 1. The highest BCUT2D eigenvalue weighted by Crippen LogP contribution is 2.21. The summed E-state index contributed by atoms with van der Waals surface area (Å²) in [6.07, 6.45) is 2.97. The van der Waals surface area contributed by atoms with Crippen LogP contribution in [0.25, 0.3) is 0 Å². The molecule has 0 fully saturated rings. The minimum Gasteiger partial charge on any atom is -0.478 e. The van der Waals surface area contributed by atoms with E-state index in [1.807, 2.05) is 6.26 Å². The first kappa shape index (κ1) is 14.1. The van der Waals surface area contributed by atoms with Crippen LogP contribution < -0.4 is 5.69 Å². The lowest BCUT2D eigenvalue weighted by Gasteiger charge is -2.06. The number of nitrogens with one attached hydrogen (secondary N) is 1. The zero-order chi connectivity index (χ0) is 12.8. The first-order chi connectivity index (χ1) is 8.06. The Hall–Kier alpha value is -0.950. The molecule has 0 amide bonds. The van der Waals surface area contributed by atoms with Gasteiger partial charge in [-0.1, -0.05) is 0 Å². The Morgan fingerprint density at radius 2 is 2.18 bits per heavy atom. The van der Waals surface area contributed by atoms with Crippen LogP contribution in [-0.2, 0) is 0 Å². The summed E-state index contributed by atoms with van der Waals surface area (Å²) in [6, 6.07) is 0. The lowest BCUT2D eigenvalue weighted by molar-refractivity contribution is 0.0690. The highest BCUT2D eigenvalue weighted by molar-refractivity contribution is 7.99. The van der Waals surface area contributed by atoms with E-state index in [1.165, 1.54) is 11.8 Å². The molecule has 2 N–H and O–H groups in total. The van der Waals surface area contributed by atoms with Gasteiger partial charge in [-0.25, -0.2) is 9.59 Å². The molecular formula is C10H14N2O3S2. The van der Waals surface area contributed by atoms with Gasteiger partial charge in [0.25, 0.3) is 0 Å². The maximum absolute atomic E-state index is 11.2. The Balaban J connectivity index is 2.89. The highest BCUT2D eigenvalue weighted by atomic mass is 32.2. The fraction of sp³-hybridized carbons (Fsp3) is 0.500. The van der Waals surface area contributed by atoms with E-state index in [0.29, 0.717) is 10.7 Å². The van der Waals surface area contributed by atoms with E-state index >= 15 is 0 Å². The average molecular weight is 274 g/mol. The maximum atomic E-state index is 11.2. The van der Waals surface area contributed by atoms with E-state index in [2.05, 4.69) is 9.97 Å².